The minimum atomic E-state index is -0.132. The summed E-state index contributed by atoms with van der Waals surface area (Å²) in [6.07, 6.45) is 9.78. The van der Waals surface area contributed by atoms with E-state index in [0.29, 0.717) is 13.1 Å². The van der Waals surface area contributed by atoms with Gasteiger partial charge in [-0.15, -0.1) is 0 Å². The van der Waals surface area contributed by atoms with Gasteiger partial charge in [0.05, 0.1) is 11.8 Å². The lowest BCUT2D eigenvalue weighted by atomic mass is 10.2. The van der Waals surface area contributed by atoms with E-state index in [9.17, 15) is 4.79 Å². The van der Waals surface area contributed by atoms with E-state index in [1.807, 2.05) is 29.2 Å². The number of aromatic nitrogens is 2. The van der Waals surface area contributed by atoms with Crippen LogP contribution < -0.4 is 10.2 Å². The molecule has 0 aromatic carbocycles. The molecule has 0 bridgehead atoms. The number of anilines is 2. The quantitative estimate of drug-likeness (QED) is 0.831. The molecule has 2 aliphatic heterocycles. The van der Waals surface area contributed by atoms with Gasteiger partial charge < -0.3 is 19.9 Å². The fourth-order valence-corrected chi connectivity index (χ4v) is 3.84. The van der Waals surface area contributed by atoms with Gasteiger partial charge in [0.1, 0.15) is 0 Å². The molecule has 2 aromatic rings. The Balaban J connectivity index is 1.50. The van der Waals surface area contributed by atoms with Crippen molar-refractivity contribution in [3.63, 3.8) is 0 Å². The summed E-state index contributed by atoms with van der Waals surface area (Å²) in [4.78, 5) is 25.9. The van der Waals surface area contributed by atoms with Crippen LogP contribution in [-0.4, -0.2) is 53.2 Å². The van der Waals surface area contributed by atoms with Gasteiger partial charge in [0.15, 0.2) is 5.82 Å². The highest BCUT2D eigenvalue weighted by molar-refractivity contribution is 5.92. The van der Waals surface area contributed by atoms with Gasteiger partial charge in [-0.3, -0.25) is 4.98 Å². The Labute approximate surface area is 165 Å². The second-order valence-electron chi connectivity index (χ2n) is 7.38. The average Bonchev–Trinajstić information content (AvgIpc) is 3.43. The van der Waals surface area contributed by atoms with Crippen LogP contribution in [0.25, 0.3) is 0 Å². The molecule has 7 nitrogen and oxygen atoms in total. The second-order valence-corrected chi connectivity index (χ2v) is 7.38. The van der Waals surface area contributed by atoms with Crippen molar-refractivity contribution < 1.29 is 9.53 Å². The summed E-state index contributed by atoms with van der Waals surface area (Å²) < 4.78 is 5.77. The molecule has 2 aliphatic rings. The number of ether oxygens (including phenoxy) is 1. The first-order valence-electron chi connectivity index (χ1n) is 10.1. The van der Waals surface area contributed by atoms with Crippen LogP contribution >= 0.6 is 0 Å². The largest absolute Gasteiger partial charge is 0.376 e. The van der Waals surface area contributed by atoms with Crippen LogP contribution in [0.4, 0.5) is 16.3 Å². The summed E-state index contributed by atoms with van der Waals surface area (Å²) in [5.41, 5.74) is 1.76. The van der Waals surface area contributed by atoms with Crippen LogP contribution in [-0.2, 0) is 11.3 Å². The lowest BCUT2D eigenvalue weighted by Crippen LogP contribution is -2.40. The lowest BCUT2D eigenvalue weighted by molar-refractivity contribution is 0.0819. The number of carbonyl (C=O) groups excluding carboxylic acids is 1. The van der Waals surface area contributed by atoms with Crippen LogP contribution in [0, 0.1) is 0 Å². The number of hydrogen-bond acceptors (Lipinski definition) is 5. The normalized spacial score (nSPS) is 19.0. The minimum Gasteiger partial charge on any atom is -0.376 e. The number of nitrogens with one attached hydrogen (secondary N) is 1. The van der Waals surface area contributed by atoms with E-state index in [1.54, 1.807) is 18.6 Å². The molecule has 28 heavy (non-hydrogen) atoms. The molecule has 148 valence electrons. The van der Waals surface area contributed by atoms with Crippen LogP contribution in [0.2, 0.25) is 0 Å². The number of urea groups is 1. The van der Waals surface area contributed by atoms with E-state index >= 15 is 0 Å². The molecule has 1 N–H and O–H groups in total. The topological polar surface area (TPSA) is 70.6 Å². The summed E-state index contributed by atoms with van der Waals surface area (Å²) in [5.74, 6) is 0.854. The van der Waals surface area contributed by atoms with Crippen molar-refractivity contribution in [1.29, 1.82) is 0 Å². The molecule has 2 fully saturated rings. The molecular formula is C21H27N5O2. The van der Waals surface area contributed by atoms with Gasteiger partial charge >= 0.3 is 6.03 Å². The zero-order valence-corrected chi connectivity index (χ0v) is 16.1. The standard InChI is InChI=1S/C21H27N5O2/c27-21(24-19-8-4-10-23-20(19)25-11-1-2-12-25)26(16-18-7-5-13-28-18)15-17-6-3-9-22-14-17/h3-4,6,8-10,14,18H,1-2,5,7,11-13,15-16H2,(H,24,27). The third-order valence-electron chi connectivity index (χ3n) is 5.27. The van der Waals surface area contributed by atoms with Gasteiger partial charge in [0.25, 0.3) is 0 Å². The average molecular weight is 381 g/mol. The Morgan fingerprint density at radius 1 is 1.21 bits per heavy atom. The summed E-state index contributed by atoms with van der Waals surface area (Å²) in [5, 5.41) is 3.09. The maximum absolute atomic E-state index is 13.2. The SMILES string of the molecule is O=C(Nc1cccnc1N1CCCC1)N(Cc1cccnc1)CC1CCCO1. The van der Waals surface area contributed by atoms with E-state index in [4.69, 9.17) is 4.74 Å². The number of rotatable bonds is 6. The zero-order chi connectivity index (χ0) is 19.2. The summed E-state index contributed by atoms with van der Waals surface area (Å²) in [7, 11) is 0. The van der Waals surface area contributed by atoms with E-state index < -0.39 is 0 Å². The van der Waals surface area contributed by atoms with Gasteiger partial charge in [-0.1, -0.05) is 6.07 Å². The molecular weight excluding hydrogens is 354 g/mol. The van der Waals surface area contributed by atoms with Crippen molar-refractivity contribution >= 4 is 17.5 Å². The lowest BCUT2D eigenvalue weighted by Gasteiger charge is -2.27. The Morgan fingerprint density at radius 3 is 2.82 bits per heavy atom. The molecule has 1 atom stereocenters. The van der Waals surface area contributed by atoms with Crippen LogP contribution in [0.3, 0.4) is 0 Å². The molecule has 0 aliphatic carbocycles. The van der Waals surface area contributed by atoms with Crippen LogP contribution in [0.1, 0.15) is 31.2 Å². The molecule has 2 aromatic heterocycles. The van der Waals surface area contributed by atoms with Gasteiger partial charge in [-0.25, -0.2) is 9.78 Å². The molecule has 4 heterocycles. The smallest absolute Gasteiger partial charge is 0.322 e. The van der Waals surface area contributed by atoms with Crippen molar-refractivity contribution in [2.24, 2.45) is 0 Å². The molecule has 2 saturated heterocycles. The van der Waals surface area contributed by atoms with Gasteiger partial charge in [-0.2, -0.15) is 0 Å². The van der Waals surface area contributed by atoms with Crippen molar-refractivity contribution in [2.45, 2.75) is 38.3 Å². The molecule has 7 heteroatoms. The van der Waals surface area contributed by atoms with Crippen molar-refractivity contribution in [1.82, 2.24) is 14.9 Å². The molecule has 1 unspecified atom stereocenters. The molecule has 0 radical (unpaired) electrons. The number of hydrogen-bond donors (Lipinski definition) is 1. The first-order valence-corrected chi connectivity index (χ1v) is 10.1. The molecule has 4 rings (SSSR count). The highest BCUT2D eigenvalue weighted by Crippen LogP contribution is 2.26. The predicted molar refractivity (Wildman–Crippen MR) is 108 cm³/mol. The Morgan fingerprint density at radius 2 is 2.07 bits per heavy atom. The first-order chi connectivity index (χ1) is 13.8. The van der Waals surface area contributed by atoms with Gasteiger partial charge in [-0.05, 0) is 49.4 Å². The molecule has 0 spiro atoms. The number of pyridine rings is 2. The highest BCUT2D eigenvalue weighted by atomic mass is 16.5. The Kier molecular flexibility index (Phi) is 6.01. The highest BCUT2D eigenvalue weighted by Gasteiger charge is 2.24. The fourth-order valence-electron chi connectivity index (χ4n) is 3.84. The van der Waals surface area contributed by atoms with E-state index in [0.717, 1.165) is 62.4 Å². The van der Waals surface area contributed by atoms with Gasteiger partial charge in [0, 0.05) is 51.4 Å². The van der Waals surface area contributed by atoms with Crippen LogP contribution in [0.5, 0.6) is 0 Å². The second kappa shape index (κ2) is 9.01. The maximum Gasteiger partial charge on any atom is 0.322 e. The Hall–Kier alpha value is -2.67. The third kappa shape index (κ3) is 4.59. The summed E-state index contributed by atoms with van der Waals surface area (Å²) in [6, 6.07) is 7.54. The maximum atomic E-state index is 13.2. The number of nitrogens with zero attached hydrogens (tertiary/aromatic N) is 4. The number of amides is 2. The van der Waals surface area contributed by atoms with Crippen LogP contribution in [0.15, 0.2) is 42.9 Å². The summed E-state index contributed by atoms with van der Waals surface area (Å²) >= 11 is 0. The van der Waals surface area contributed by atoms with E-state index in [-0.39, 0.29) is 12.1 Å². The minimum absolute atomic E-state index is 0.0920. The molecule has 0 saturated carbocycles. The van der Waals surface area contributed by atoms with Crippen molar-refractivity contribution in [2.75, 3.05) is 36.5 Å². The number of carbonyl (C=O) groups is 1. The predicted octanol–water partition coefficient (Wildman–Crippen LogP) is 3.29. The first kappa shape index (κ1) is 18.7. The fraction of sp³-hybridized carbons (Fsp3) is 0.476. The monoisotopic (exact) mass is 381 g/mol. The molecule has 2 amide bonds. The van der Waals surface area contributed by atoms with E-state index in [1.165, 1.54) is 0 Å². The van der Waals surface area contributed by atoms with Gasteiger partial charge in [0.2, 0.25) is 0 Å². The summed E-state index contributed by atoms with van der Waals surface area (Å²) in [6.45, 7) is 3.80. The van der Waals surface area contributed by atoms with Crippen molar-refractivity contribution in [3.8, 4) is 0 Å². The zero-order valence-electron chi connectivity index (χ0n) is 16.1. The third-order valence-corrected chi connectivity index (χ3v) is 5.27. The Bertz CT molecular complexity index is 773. The van der Waals surface area contributed by atoms with E-state index in [2.05, 4.69) is 20.2 Å². The van der Waals surface area contributed by atoms with Crippen molar-refractivity contribution in [3.05, 3.63) is 48.4 Å².